The number of hydrogen-bond acceptors (Lipinski definition) is 4. The van der Waals surface area contributed by atoms with Gasteiger partial charge in [-0.1, -0.05) is 48.0 Å². The van der Waals surface area contributed by atoms with Gasteiger partial charge in [0.2, 0.25) is 0 Å². The van der Waals surface area contributed by atoms with Crippen LogP contribution in [0.1, 0.15) is 27.2 Å². The van der Waals surface area contributed by atoms with Gasteiger partial charge in [-0.2, -0.15) is 5.26 Å². The van der Waals surface area contributed by atoms with Crippen LogP contribution in [0.15, 0.2) is 60.7 Å². The van der Waals surface area contributed by atoms with Gasteiger partial charge in [0.1, 0.15) is 17.6 Å². The van der Waals surface area contributed by atoms with Gasteiger partial charge in [0.25, 0.3) is 5.91 Å². The minimum absolute atomic E-state index is 0.0430. The molecule has 3 aromatic rings. The van der Waals surface area contributed by atoms with Crippen LogP contribution < -0.4 is 10.6 Å². The van der Waals surface area contributed by atoms with E-state index in [9.17, 15) is 10.1 Å². The molecular formula is C22H17ClN4O. The second-order valence-corrected chi connectivity index (χ2v) is 7.12. The largest absolute Gasteiger partial charge is 0.347 e. The number of rotatable bonds is 4. The number of halogens is 1. The molecule has 0 saturated carbocycles. The van der Waals surface area contributed by atoms with Gasteiger partial charge in [-0.25, -0.2) is 4.98 Å². The van der Waals surface area contributed by atoms with Crippen molar-refractivity contribution < 1.29 is 4.79 Å². The van der Waals surface area contributed by atoms with E-state index in [2.05, 4.69) is 33.8 Å². The van der Waals surface area contributed by atoms with Crippen molar-refractivity contribution >= 4 is 29.0 Å². The molecule has 138 valence electrons. The molecular weight excluding hydrogens is 372 g/mol. The highest BCUT2D eigenvalue weighted by molar-refractivity contribution is 6.31. The zero-order valence-corrected chi connectivity index (χ0v) is 15.7. The highest BCUT2D eigenvalue weighted by Crippen LogP contribution is 2.24. The summed E-state index contributed by atoms with van der Waals surface area (Å²) in [6.07, 6.45) is 1.62. The van der Waals surface area contributed by atoms with Crippen molar-refractivity contribution in [2.75, 3.05) is 5.32 Å². The summed E-state index contributed by atoms with van der Waals surface area (Å²) in [5.74, 6) is 0.145. The normalized spacial score (nSPS) is 12.9. The first kappa shape index (κ1) is 18.0. The fourth-order valence-electron chi connectivity index (χ4n) is 3.43. The van der Waals surface area contributed by atoms with E-state index in [0.717, 1.165) is 12.8 Å². The predicted molar refractivity (Wildman–Crippen MR) is 109 cm³/mol. The summed E-state index contributed by atoms with van der Waals surface area (Å²) in [4.78, 5) is 17.1. The van der Waals surface area contributed by atoms with E-state index in [4.69, 9.17) is 11.6 Å². The number of anilines is 2. The van der Waals surface area contributed by atoms with Crippen molar-refractivity contribution in [2.45, 2.75) is 18.9 Å². The van der Waals surface area contributed by atoms with Crippen LogP contribution >= 0.6 is 11.6 Å². The zero-order valence-electron chi connectivity index (χ0n) is 14.9. The lowest BCUT2D eigenvalue weighted by molar-refractivity contribution is 0.0933. The fraction of sp³-hybridized carbons (Fsp3) is 0.136. The zero-order chi connectivity index (χ0) is 19.5. The molecule has 4 rings (SSSR count). The molecule has 0 spiro atoms. The molecule has 1 amide bonds. The number of carbonyl (C=O) groups excluding carboxylic acids is 1. The van der Waals surface area contributed by atoms with Crippen LogP contribution in [-0.4, -0.2) is 16.9 Å². The number of carbonyl (C=O) groups is 1. The van der Waals surface area contributed by atoms with E-state index < -0.39 is 0 Å². The molecule has 0 atom stereocenters. The minimum Gasteiger partial charge on any atom is -0.347 e. The third-order valence-corrected chi connectivity index (χ3v) is 4.94. The molecule has 1 aliphatic rings. The number of nitrogens with zero attached hydrogens (tertiary/aromatic N) is 2. The number of benzene rings is 2. The summed E-state index contributed by atoms with van der Waals surface area (Å²) >= 11 is 6.20. The second-order valence-electron chi connectivity index (χ2n) is 6.69. The first-order chi connectivity index (χ1) is 13.6. The van der Waals surface area contributed by atoms with Gasteiger partial charge in [0.05, 0.1) is 11.3 Å². The molecule has 2 aromatic carbocycles. The van der Waals surface area contributed by atoms with Crippen LogP contribution in [-0.2, 0) is 12.8 Å². The molecule has 2 N–H and O–H groups in total. The topological polar surface area (TPSA) is 77.8 Å². The molecule has 1 aliphatic carbocycles. The Morgan fingerprint density at radius 2 is 1.75 bits per heavy atom. The number of para-hydroxylation sites is 1. The molecule has 0 radical (unpaired) electrons. The van der Waals surface area contributed by atoms with Gasteiger partial charge in [0, 0.05) is 11.1 Å². The van der Waals surface area contributed by atoms with Crippen LogP contribution in [0.4, 0.5) is 11.5 Å². The lowest BCUT2D eigenvalue weighted by atomic mass is 10.1. The maximum atomic E-state index is 12.7. The van der Waals surface area contributed by atoms with Crippen molar-refractivity contribution in [3.05, 3.63) is 88.1 Å². The summed E-state index contributed by atoms with van der Waals surface area (Å²) in [5, 5.41) is 15.7. The predicted octanol–water partition coefficient (Wildman–Crippen LogP) is 4.25. The van der Waals surface area contributed by atoms with Crippen LogP contribution in [0.5, 0.6) is 0 Å². The summed E-state index contributed by atoms with van der Waals surface area (Å²) in [6, 6.07) is 20.6. The van der Waals surface area contributed by atoms with E-state index in [1.54, 1.807) is 30.3 Å². The molecule has 0 bridgehead atoms. The van der Waals surface area contributed by atoms with E-state index >= 15 is 0 Å². The van der Waals surface area contributed by atoms with E-state index in [-0.39, 0.29) is 17.6 Å². The quantitative estimate of drug-likeness (QED) is 0.700. The molecule has 0 unspecified atom stereocenters. The number of nitriles is 1. The Morgan fingerprint density at radius 1 is 1.07 bits per heavy atom. The average Bonchev–Trinajstić information content (AvgIpc) is 3.10. The monoisotopic (exact) mass is 388 g/mol. The van der Waals surface area contributed by atoms with Crippen molar-refractivity contribution in [3.63, 3.8) is 0 Å². The molecule has 28 heavy (non-hydrogen) atoms. The Hall–Kier alpha value is -3.36. The van der Waals surface area contributed by atoms with Crippen molar-refractivity contribution in [1.29, 1.82) is 5.26 Å². The van der Waals surface area contributed by atoms with E-state index in [0.29, 0.717) is 22.1 Å². The smallest absolute Gasteiger partial charge is 0.270 e. The van der Waals surface area contributed by atoms with Gasteiger partial charge < -0.3 is 10.6 Å². The van der Waals surface area contributed by atoms with Crippen LogP contribution in [0.3, 0.4) is 0 Å². The number of fused-ring (bicyclic) bond motifs is 1. The van der Waals surface area contributed by atoms with Crippen LogP contribution in [0.2, 0.25) is 5.02 Å². The minimum atomic E-state index is -0.267. The van der Waals surface area contributed by atoms with Gasteiger partial charge in [-0.3, -0.25) is 4.79 Å². The van der Waals surface area contributed by atoms with Gasteiger partial charge in [0.15, 0.2) is 0 Å². The van der Waals surface area contributed by atoms with Crippen molar-refractivity contribution in [2.24, 2.45) is 0 Å². The molecule has 5 nitrogen and oxygen atoms in total. The lowest BCUT2D eigenvalue weighted by Crippen LogP contribution is -2.35. The SMILES string of the molecule is N#Cc1ccccc1Nc1cc(Cl)cc(C(=O)NC2Cc3ccccc3C2)n1. The number of pyridine rings is 1. The van der Waals surface area contributed by atoms with Gasteiger partial charge >= 0.3 is 0 Å². The maximum Gasteiger partial charge on any atom is 0.270 e. The second kappa shape index (κ2) is 7.71. The molecule has 1 aromatic heterocycles. The third kappa shape index (κ3) is 3.83. The Kier molecular flexibility index (Phi) is 4.96. The molecule has 6 heteroatoms. The standard InChI is InChI=1S/C22H17ClN4O/c23-17-11-20(22(28)25-18-9-14-5-1-2-6-15(14)10-18)27-21(12-17)26-19-8-4-3-7-16(19)13-24/h1-8,11-12,18H,9-10H2,(H,25,28)(H,26,27). The summed E-state index contributed by atoms with van der Waals surface area (Å²) in [7, 11) is 0. The fourth-order valence-corrected chi connectivity index (χ4v) is 3.63. The van der Waals surface area contributed by atoms with Gasteiger partial charge in [-0.15, -0.1) is 0 Å². The Bertz CT molecular complexity index is 1060. The van der Waals surface area contributed by atoms with Crippen molar-refractivity contribution in [3.8, 4) is 6.07 Å². The maximum absolute atomic E-state index is 12.7. The Morgan fingerprint density at radius 3 is 2.46 bits per heavy atom. The Balaban J connectivity index is 1.51. The summed E-state index contributed by atoms with van der Waals surface area (Å²) in [5.41, 5.74) is 3.86. The number of amides is 1. The van der Waals surface area contributed by atoms with Crippen LogP contribution in [0.25, 0.3) is 0 Å². The van der Waals surface area contributed by atoms with Gasteiger partial charge in [-0.05, 0) is 48.2 Å². The van der Waals surface area contributed by atoms with E-state index in [1.165, 1.54) is 11.1 Å². The summed E-state index contributed by atoms with van der Waals surface area (Å²) < 4.78 is 0. The first-order valence-electron chi connectivity index (χ1n) is 8.94. The number of aromatic nitrogens is 1. The lowest BCUT2D eigenvalue weighted by Gasteiger charge is -2.13. The highest BCUT2D eigenvalue weighted by atomic mass is 35.5. The van der Waals surface area contributed by atoms with Crippen LogP contribution in [0, 0.1) is 11.3 Å². The number of hydrogen-bond donors (Lipinski definition) is 2. The molecule has 1 heterocycles. The Labute approximate surface area is 168 Å². The molecule has 0 fully saturated rings. The summed E-state index contributed by atoms with van der Waals surface area (Å²) in [6.45, 7) is 0. The third-order valence-electron chi connectivity index (χ3n) is 4.72. The average molecular weight is 389 g/mol. The highest BCUT2D eigenvalue weighted by Gasteiger charge is 2.23. The number of nitrogens with one attached hydrogen (secondary N) is 2. The van der Waals surface area contributed by atoms with Crippen molar-refractivity contribution in [1.82, 2.24) is 10.3 Å². The van der Waals surface area contributed by atoms with E-state index in [1.807, 2.05) is 18.2 Å². The molecule has 0 aliphatic heterocycles. The first-order valence-corrected chi connectivity index (χ1v) is 9.31. The molecule has 0 saturated heterocycles.